The third kappa shape index (κ3) is 3.47. The molecule has 21 heavy (non-hydrogen) atoms. The first-order chi connectivity index (χ1) is 9.72. The molecule has 0 fully saturated rings. The highest BCUT2D eigenvalue weighted by atomic mass is 32.2. The standard InChI is InChI=1S/C14H20N4O2S/c1-11(14(2,3)4)10-21(19,20)13-15-16-17-18(13)12-8-6-5-7-9-12/h5-9,11H,10H2,1-4H3/t11-/m0/s1. The Bertz CT molecular complexity index is 702. The second kappa shape index (κ2) is 5.55. The summed E-state index contributed by atoms with van der Waals surface area (Å²) in [6.07, 6.45) is 0. The summed E-state index contributed by atoms with van der Waals surface area (Å²) in [5.74, 6) is 0.00685. The number of hydrogen-bond acceptors (Lipinski definition) is 5. The first kappa shape index (κ1) is 15.6. The molecule has 1 aromatic carbocycles. The molecule has 0 saturated carbocycles. The van der Waals surface area contributed by atoms with E-state index in [1.165, 1.54) is 4.68 Å². The van der Waals surface area contributed by atoms with Crippen molar-refractivity contribution in [3.8, 4) is 5.69 Å². The predicted molar refractivity (Wildman–Crippen MR) is 79.8 cm³/mol. The lowest BCUT2D eigenvalue weighted by atomic mass is 9.83. The minimum Gasteiger partial charge on any atom is -0.220 e. The summed E-state index contributed by atoms with van der Waals surface area (Å²) in [7, 11) is -3.55. The van der Waals surface area contributed by atoms with E-state index in [4.69, 9.17) is 0 Å². The van der Waals surface area contributed by atoms with Gasteiger partial charge in [-0.3, -0.25) is 0 Å². The molecule has 0 aliphatic heterocycles. The molecule has 0 amide bonds. The van der Waals surface area contributed by atoms with Crippen LogP contribution < -0.4 is 0 Å². The van der Waals surface area contributed by atoms with Gasteiger partial charge in [-0.1, -0.05) is 51.0 Å². The fourth-order valence-electron chi connectivity index (χ4n) is 1.76. The van der Waals surface area contributed by atoms with Gasteiger partial charge >= 0.3 is 0 Å². The van der Waals surface area contributed by atoms with E-state index < -0.39 is 9.84 Å². The summed E-state index contributed by atoms with van der Waals surface area (Å²) in [6, 6.07) is 9.01. The Morgan fingerprint density at radius 3 is 2.38 bits per heavy atom. The second-order valence-corrected chi connectivity index (χ2v) is 8.19. The van der Waals surface area contributed by atoms with Gasteiger partial charge in [0, 0.05) is 0 Å². The van der Waals surface area contributed by atoms with Gasteiger partial charge in [-0.2, -0.15) is 4.68 Å². The molecular weight excluding hydrogens is 288 g/mol. The largest absolute Gasteiger partial charge is 0.272 e. The van der Waals surface area contributed by atoms with Crippen molar-refractivity contribution >= 4 is 9.84 Å². The van der Waals surface area contributed by atoms with Crippen LogP contribution >= 0.6 is 0 Å². The first-order valence-corrected chi connectivity index (χ1v) is 8.43. The molecule has 7 heteroatoms. The molecule has 0 saturated heterocycles. The van der Waals surface area contributed by atoms with Crippen molar-refractivity contribution in [2.24, 2.45) is 11.3 Å². The Morgan fingerprint density at radius 2 is 1.81 bits per heavy atom. The quantitative estimate of drug-likeness (QED) is 0.864. The number of nitrogens with zero attached hydrogens (tertiary/aromatic N) is 4. The molecule has 0 unspecified atom stereocenters. The van der Waals surface area contributed by atoms with Crippen LogP contribution in [0.25, 0.3) is 5.69 Å². The van der Waals surface area contributed by atoms with Crippen LogP contribution in [0.15, 0.2) is 35.5 Å². The molecule has 0 bridgehead atoms. The number of para-hydroxylation sites is 1. The lowest BCUT2D eigenvalue weighted by Crippen LogP contribution is -2.27. The van der Waals surface area contributed by atoms with Crippen molar-refractivity contribution < 1.29 is 8.42 Å². The fourth-order valence-corrected chi connectivity index (χ4v) is 3.63. The lowest BCUT2D eigenvalue weighted by Gasteiger charge is -2.26. The van der Waals surface area contributed by atoms with Crippen LogP contribution in [0.2, 0.25) is 0 Å². The minimum atomic E-state index is -3.55. The second-order valence-electron chi connectivity index (χ2n) is 6.26. The average Bonchev–Trinajstić information content (AvgIpc) is 2.88. The van der Waals surface area contributed by atoms with Crippen molar-refractivity contribution in [2.75, 3.05) is 5.75 Å². The van der Waals surface area contributed by atoms with Crippen LogP contribution in [-0.2, 0) is 9.84 Å². The van der Waals surface area contributed by atoms with Gasteiger partial charge in [0.05, 0.1) is 11.4 Å². The number of aromatic nitrogens is 4. The SMILES string of the molecule is C[C@@H](CS(=O)(=O)c1nnnn1-c1ccccc1)C(C)(C)C. The number of benzene rings is 1. The summed E-state index contributed by atoms with van der Waals surface area (Å²) in [5, 5.41) is 10.9. The normalized spacial score (nSPS) is 14.1. The zero-order valence-electron chi connectivity index (χ0n) is 12.7. The maximum absolute atomic E-state index is 12.6. The molecule has 2 aromatic rings. The number of rotatable bonds is 4. The Morgan fingerprint density at radius 1 is 1.19 bits per heavy atom. The first-order valence-electron chi connectivity index (χ1n) is 6.78. The Labute approximate surface area is 125 Å². The predicted octanol–water partition coefficient (Wildman–Crippen LogP) is 2.12. The molecule has 114 valence electrons. The van der Waals surface area contributed by atoms with Gasteiger partial charge in [0.15, 0.2) is 0 Å². The highest BCUT2D eigenvalue weighted by Crippen LogP contribution is 2.28. The monoisotopic (exact) mass is 308 g/mol. The van der Waals surface area contributed by atoms with E-state index in [9.17, 15) is 8.42 Å². The van der Waals surface area contributed by atoms with Crippen LogP contribution in [-0.4, -0.2) is 34.4 Å². The van der Waals surface area contributed by atoms with E-state index in [0.717, 1.165) is 0 Å². The van der Waals surface area contributed by atoms with Crippen molar-refractivity contribution in [3.05, 3.63) is 30.3 Å². The summed E-state index contributed by atoms with van der Waals surface area (Å²) < 4.78 is 26.4. The van der Waals surface area contributed by atoms with Crippen molar-refractivity contribution in [1.29, 1.82) is 0 Å². The maximum atomic E-state index is 12.6. The average molecular weight is 308 g/mol. The van der Waals surface area contributed by atoms with Gasteiger partial charge in [-0.05, 0) is 33.9 Å². The Hall–Kier alpha value is -1.76. The van der Waals surface area contributed by atoms with Crippen molar-refractivity contribution in [1.82, 2.24) is 20.2 Å². The molecule has 2 rings (SSSR count). The Balaban J connectivity index is 2.37. The van der Waals surface area contributed by atoms with Crippen LogP contribution in [0.5, 0.6) is 0 Å². The summed E-state index contributed by atoms with van der Waals surface area (Å²) in [4.78, 5) is 0. The molecule has 0 N–H and O–H groups in total. The van der Waals surface area contributed by atoms with Crippen molar-refractivity contribution in [2.45, 2.75) is 32.9 Å². The fraction of sp³-hybridized carbons (Fsp3) is 0.500. The van der Waals surface area contributed by atoms with E-state index in [0.29, 0.717) is 5.69 Å². The topological polar surface area (TPSA) is 77.7 Å². The third-order valence-corrected chi connectivity index (χ3v) is 5.42. The van der Waals surface area contributed by atoms with E-state index in [1.807, 2.05) is 45.9 Å². The van der Waals surface area contributed by atoms with E-state index in [2.05, 4.69) is 15.5 Å². The summed E-state index contributed by atoms with van der Waals surface area (Å²) >= 11 is 0. The number of sulfone groups is 1. The molecule has 0 radical (unpaired) electrons. The van der Waals surface area contributed by atoms with Crippen LogP contribution in [0, 0.1) is 11.3 Å². The van der Waals surface area contributed by atoms with Crippen molar-refractivity contribution in [3.63, 3.8) is 0 Å². The van der Waals surface area contributed by atoms with Gasteiger partial charge < -0.3 is 0 Å². The molecule has 0 aliphatic carbocycles. The highest BCUT2D eigenvalue weighted by molar-refractivity contribution is 7.91. The van der Waals surface area contributed by atoms with Crippen LogP contribution in [0.3, 0.4) is 0 Å². The van der Waals surface area contributed by atoms with Crippen LogP contribution in [0.4, 0.5) is 0 Å². The third-order valence-electron chi connectivity index (χ3n) is 3.67. The van der Waals surface area contributed by atoms with Gasteiger partial charge in [-0.25, -0.2) is 8.42 Å². The molecule has 6 nitrogen and oxygen atoms in total. The summed E-state index contributed by atoms with van der Waals surface area (Å²) in [6.45, 7) is 7.99. The van der Waals surface area contributed by atoms with Gasteiger partial charge in [0.2, 0.25) is 9.84 Å². The maximum Gasteiger partial charge on any atom is 0.272 e. The minimum absolute atomic E-state index is 0.0107. The lowest BCUT2D eigenvalue weighted by molar-refractivity contribution is 0.285. The van der Waals surface area contributed by atoms with E-state index in [-0.39, 0.29) is 22.2 Å². The number of hydrogen-bond donors (Lipinski definition) is 0. The molecule has 0 aliphatic rings. The Kier molecular flexibility index (Phi) is 4.13. The van der Waals surface area contributed by atoms with E-state index in [1.54, 1.807) is 12.1 Å². The van der Waals surface area contributed by atoms with Gasteiger partial charge in [0.1, 0.15) is 0 Å². The van der Waals surface area contributed by atoms with Gasteiger partial charge in [0.25, 0.3) is 5.16 Å². The molecule has 1 atom stereocenters. The highest BCUT2D eigenvalue weighted by Gasteiger charge is 2.30. The molecular formula is C14H20N4O2S. The smallest absolute Gasteiger partial charge is 0.220 e. The zero-order valence-corrected chi connectivity index (χ0v) is 13.5. The summed E-state index contributed by atoms with van der Waals surface area (Å²) in [5.41, 5.74) is 0.530. The van der Waals surface area contributed by atoms with E-state index >= 15 is 0 Å². The molecule has 0 spiro atoms. The molecule has 1 aromatic heterocycles. The van der Waals surface area contributed by atoms with Crippen LogP contribution in [0.1, 0.15) is 27.7 Å². The van der Waals surface area contributed by atoms with Gasteiger partial charge in [-0.15, -0.1) is 0 Å². The number of tetrazole rings is 1. The molecule has 1 heterocycles. The zero-order chi connectivity index (χ0) is 15.7.